The molecule has 0 saturated carbocycles. The quantitative estimate of drug-likeness (QED) is 0.713. The van der Waals surface area contributed by atoms with Gasteiger partial charge in [-0.05, 0) is 63.2 Å². The molecule has 0 aromatic carbocycles. The van der Waals surface area contributed by atoms with Crippen molar-refractivity contribution in [3.63, 3.8) is 0 Å². The van der Waals surface area contributed by atoms with E-state index < -0.39 is 10.0 Å². The van der Waals surface area contributed by atoms with Crippen LogP contribution in [0, 0.1) is 5.92 Å². The zero-order valence-electron chi connectivity index (χ0n) is 15.2. The van der Waals surface area contributed by atoms with Crippen molar-refractivity contribution >= 4 is 27.3 Å². The van der Waals surface area contributed by atoms with Crippen LogP contribution in [-0.2, 0) is 14.8 Å². The highest BCUT2D eigenvalue weighted by atomic mass is 32.2. The third kappa shape index (κ3) is 5.06. The molecular formula is C18H29N3O3S2. The van der Waals surface area contributed by atoms with E-state index in [-0.39, 0.29) is 18.4 Å². The molecule has 1 aromatic rings. The van der Waals surface area contributed by atoms with Crippen LogP contribution in [0.15, 0.2) is 21.7 Å². The van der Waals surface area contributed by atoms with Gasteiger partial charge in [0.2, 0.25) is 5.91 Å². The second kappa shape index (κ2) is 9.30. The van der Waals surface area contributed by atoms with Crippen LogP contribution in [0.5, 0.6) is 0 Å². The number of nitrogens with zero attached hydrogens (tertiary/aromatic N) is 2. The van der Waals surface area contributed by atoms with E-state index in [0.29, 0.717) is 17.3 Å². The Morgan fingerprint density at radius 2 is 2.00 bits per heavy atom. The zero-order valence-corrected chi connectivity index (χ0v) is 16.9. The molecule has 3 heterocycles. The zero-order chi connectivity index (χ0) is 18.4. The van der Waals surface area contributed by atoms with Crippen LogP contribution in [0.4, 0.5) is 0 Å². The van der Waals surface area contributed by atoms with Crippen LogP contribution in [0.1, 0.15) is 38.5 Å². The molecule has 1 N–H and O–H groups in total. The average Bonchev–Trinajstić information content (AvgIpc) is 3.22. The van der Waals surface area contributed by atoms with Gasteiger partial charge in [-0.2, -0.15) is 4.31 Å². The minimum atomic E-state index is -3.46. The van der Waals surface area contributed by atoms with Crippen molar-refractivity contribution in [1.82, 2.24) is 14.5 Å². The number of carbonyl (C=O) groups excluding carboxylic acids is 1. The summed E-state index contributed by atoms with van der Waals surface area (Å²) in [5.41, 5.74) is 0. The Labute approximate surface area is 160 Å². The molecule has 0 bridgehead atoms. The number of piperidine rings is 2. The number of rotatable bonds is 7. The number of thiophene rings is 1. The van der Waals surface area contributed by atoms with Gasteiger partial charge in [-0.15, -0.1) is 11.3 Å². The summed E-state index contributed by atoms with van der Waals surface area (Å²) in [5.74, 6) is -0.247. The summed E-state index contributed by atoms with van der Waals surface area (Å²) < 4.78 is 27.1. The van der Waals surface area contributed by atoms with Gasteiger partial charge >= 0.3 is 0 Å². The maximum absolute atomic E-state index is 12.7. The van der Waals surface area contributed by atoms with Crippen molar-refractivity contribution < 1.29 is 13.2 Å². The molecule has 26 heavy (non-hydrogen) atoms. The normalized spacial score (nSPS) is 23.0. The van der Waals surface area contributed by atoms with Gasteiger partial charge in [-0.3, -0.25) is 4.79 Å². The molecule has 3 rings (SSSR count). The Morgan fingerprint density at radius 3 is 2.73 bits per heavy atom. The highest BCUT2D eigenvalue weighted by Crippen LogP contribution is 2.26. The first-order valence-electron chi connectivity index (χ1n) is 9.61. The largest absolute Gasteiger partial charge is 0.356 e. The highest BCUT2D eigenvalue weighted by Gasteiger charge is 2.33. The molecular weight excluding hydrogens is 370 g/mol. The van der Waals surface area contributed by atoms with Crippen molar-refractivity contribution in [3.05, 3.63) is 17.5 Å². The molecule has 2 saturated heterocycles. The molecule has 0 aliphatic carbocycles. The lowest BCUT2D eigenvalue weighted by Gasteiger charge is -2.31. The van der Waals surface area contributed by atoms with Crippen LogP contribution < -0.4 is 5.32 Å². The van der Waals surface area contributed by atoms with Crippen molar-refractivity contribution in [2.75, 3.05) is 39.3 Å². The molecule has 2 aliphatic rings. The number of amides is 1. The fourth-order valence-electron chi connectivity index (χ4n) is 3.75. The van der Waals surface area contributed by atoms with Gasteiger partial charge in [0, 0.05) is 19.6 Å². The molecule has 146 valence electrons. The molecule has 8 heteroatoms. The molecule has 1 atom stereocenters. The van der Waals surface area contributed by atoms with Gasteiger partial charge in [-0.1, -0.05) is 12.5 Å². The van der Waals surface area contributed by atoms with Gasteiger partial charge in [-0.25, -0.2) is 8.42 Å². The summed E-state index contributed by atoms with van der Waals surface area (Å²) in [6, 6.07) is 3.37. The van der Waals surface area contributed by atoms with Crippen LogP contribution in [0.3, 0.4) is 0 Å². The monoisotopic (exact) mass is 399 g/mol. The predicted octanol–water partition coefficient (Wildman–Crippen LogP) is 2.14. The molecule has 6 nitrogen and oxygen atoms in total. The third-order valence-electron chi connectivity index (χ3n) is 5.24. The van der Waals surface area contributed by atoms with Crippen LogP contribution in [-0.4, -0.2) is 62.8 Å². The fraction of sp³-hybridized carbons (Fsp3) is 0.722. The van der Waals surface area contributed by atoms with Gasteiger partial charge in [0.1, 0.15) is 4.21 Å². The van der Waals surface area contributed by atoms with Gasteiger partial charge < -0.3 is 10.2 Å². The maximum Gasteiger partial charge on any atom is 0.252 e. The lowest BCUT2D eigenvalue weighted by molar-refractivity contribution is -0.126. The standard InChI is InChI=1S/C18H29N3O3S2/c22-18(19-9-6-12-20-10-2-1-3-11-20)16-7-4-13-21(15-16)26(23,24)17-8-5-14-25-17/h5,8,14,16H,1-4,6-7,9-13,15H2,(H,19,22)/t16-/m1/s1. The van der Waals surface area contributed by atoms with Crippen LogP contribution in [0.2, 0.25) is 0 Å². The summed E-state index contributed by atoms with van der Waals surface area (Å²) in [6.45, 7) is 4.84. The fourth-order valence-corrected chi connectivity index (χ4v) is 6.42. The Balaban J connectivity index is 1.44. The number of nitrogens with one attached hydrogen (secondary N) is 1. The van der Waals surface area contributed by atoms with E-state index in [9.17, 15) is 13.2 Å². The first-order chi connectivity index (χ1) is 12.6. The maximum atomic E-state index is 12.7. The summed E-state index contributed by atoms with van der Waals surface area (Å²) >= 11 is 1.23. The molecule has 0 spiro atoms. The van der Waals surface area contributed by atoms with E-state index in [4.69, 9.17) is 0 Å². The van der Waals surface area contributed by atoms with E-state index in [1.807, 2.05) is 0 Å². The predicted molar refractivity (Wildman–Crippen MR) is 104 cm³/mol. The molecule has 0 radical (unpaired) electrons. The first-order valence-corrected chi connectivity index (χ1v) is 11.9. The third-order valence-corrected chi connectivity index (χ3v) is 8.48. The van der Waals surface area contributed by atoms with E-state index >= 15 is 0 Å². The highest BCUT2D eigenvalue weighted by molar-refractivity contribution is 7.91. The van der Waals surface area contributed by atoms with Crippen molar-refractivity contribution in [2.24, 2.45) is 5.92 Å². The minimum absolute atomic E-state index is 0.00489. The van der Waals surface area contributed by atoms with Gasteiger partial charge in [0.25, 0.3) is 10.0 Å². The molecule has 1 aromatic heterocycles. The van der Waals surface area contributed by atoms with Crippen molar-refractivity contribution in [3.8, 4) is 0 Å². The van der Waals surface area contributed by atoms with Crippen LogP contribution >= 0.6 is 11.3 Å². The number of carbonyl (C=O) groups is 1. The number of likely N-dealkylation sites (tertiary alicyclic amines) is 1. The number of hydrogen-bond acceptors (Lipinski definition) is 5. The summed E-state index contributed by atoms with van der Waals surface area (Å²) in [6.07, 6.45) is 6.34. The topological polar surface area (TPSA) is 69.7 Å². The lowest BCUT2D eigenvalue weighted by Crippen LogP contribution is -2.45. The molecule has 0 unspecified atom stereocenters. The number of hydrogen-bond donors (Lipinski definition) is 1. The van der Waals surface area contributed by atoms with Gasteiger partial charge in [0.15, 0.2) is 0 Å². The number of sulfonamides is 1. The van der Waals surface area contributed by atoms with Crippen molar-refractivity contribution in [2.45, 2.75) is 42.7 Å². The Hall–Kier alpha value is -0.960. The van der Waals surface area contributed by atoms with E-state index in [0.717, 1.165) is 25.8 Å². The second-order valence-corrected chi connectivity index (χ2v) is 10.3. The summed E-state index contributed by atoms with van der Waals surface area (Å²) in [7, 11) is -3.46. The first kappa shape index (κ1) is 19.8. The van der Waals surface area contributed by atoms with Crippen molar-refractivity contribution in [1.29, 1.82) is 0 Å². The van der Waals surface area contributed by atoms with E-state index in [1.54, 1.807) is 17.5 Å². The summed E-state index contributed by atoms with van der Waals surface area (Å²) in [4.78, 5) is 14.9. The second-order valence-electron chi connectivity index (χ2n) is 7.18. The Morgan fingerprint density at radius 1 is 1.19 bits per heavy atom. The Bertz CT molecular complexity index is 670. The smallest absolute Gasteiger partial charge is 0.252 e. The van der Waals surface area contributed by atoms with E-state index in [1.165, 1.54) is 48.0 Å². The molecule has 1 amide bonds. The SMILES string of the molecule is O=C(NCCCN1CCCCC1)[C@@H]1CCCN(S(=O)(=O)c2cccs2)C1. The molecule has 2 aliphatic heterocycles. The average molecular weight is 400 g/mol. The van der Waals surface area contributed by atoms with Crippen LogP contribution in [0.25, 0.3) is 0 Å². The summed E-state index contributed by atoms with van der Waals surface area (Å²) in [5, 5.41) is 4.78. The minimum Gasteiger partial charge on any atom is -0.356 e. The van der Waals surface area contributed by atoms with Gasteiger partial charge in [0.05, 0.1) is 5.92 Å². The lowest BCUT2D eigenvalue weighted by atomic mass is 9.99. The Kier molecular flexibility index (Phi) is 7.08. The molecule has 2 fully saturated rings. The van der Waals surface area contributed by atoms with E-state index in [2.05, 4.69) is 10.2 Å².